The molecule has 0 aromatic carbocycles. The molecule has 1 aliphatic rings. The van der Waals surface area contributed by atoms with Crippen LogP contribution in [0.4, 0.5) is 0 Å². The lowest BCUT2D eigenvalue weighted by Crippen LogP contribution is -2.56. The summed E-state index contributed by atoms with van der Waals surface area (Å²) in [5.74, 6) is 0. The van der Waals surface area contributed by atoms with Gasteiger partial charge in [0, 0.05) is 24.4 Å². The van der Waals surface area contributed by atoms with E-state index in [0.29, 0.717) is 18.1 Å². The number of thiol groups is 1. The molecule has 1 aliphatic carbocycles. The normalized spacial score (nSPS) is 30.2. The van der Waals surface area contributed by atoms with Crippen molar-refractivity contribution in [1.82, 2.24) is 10.0 Å². The van der Waals surface area contributed by atoms with Crippen molar-refractivity contribution in [2.24, 2.45) is 5.14 Å². The SMILES string of the molecule is CC(C)NC1CC(N[SH](C)(N)=O)C1. The lowest BCUT2D eigenvalue weighted by Gasteiger charge is -2.39. The van der Waals surface area contributed by atoms with E-state index in [2.05, 4.69) is 23.9 Å². The molecule has 80 valence electrons. The second-order valence-corrected chi connectivity index (χ2v) is 6.54. The average molecular weight is 207 g/mol. The monoisotopic (exact) mass is 207 g/mol. The Morgan fingerprint density at radius 3 is 2.31 bits per heavy atom. The molecule has 0 atom stereocenters. The molecule has 0 heterocycles. The summed E-state index contributed by atoms with van der Waals surface area (Å²) in [6.45, 7) is 4.27. The molecule has 0 spiro atoms. The van der Waals surface area contributed by atoms with Crippen molar-refractivity contribution in [3.63, 3.8) is 0 Å². The Balaban J connectivity index is 2.15. The number of hydrogen-bond donors (Lipinski definition) is 4. The maximum Gasteiger partial charge on any atom is 0.0216 e. The van der Waals surface area contributed by atoms with Gasteiger partial charge in [-0.1, -0.05) is 13.8 Å². The minimum Gasteiger partial charge on any atom is -0.312 e. The van der Waals surface area contributed by atoms with Crippen molar-refractivity contribution >= 4 is 10.3 Å². The van der Waals surface area contributed by atoms with Crippen LogP contribution in [-0.4, -0.2) is 28.6 Å². The number of hydrogen-bond acceptors (Lipinski definition) is 2. The Labute approximate surface area is 81.3 Å². The van der Waals surface area contributed by atoms with Gasteiger partial charge in [0.2, 0.25) is 0 Å². The van der Waals surface area contributed by atoms with Gasteiger partial charge in [-0.3, -0.25) is 9.35 Å². The topological polar surface area (TPSA) is 67.2 Å². The summed E-state index contributed by atoms with van der Waals surface area (Å²) in [5.41, 5.74) is 0. The zero-order valence-corrected chi connectivity index (χ0v) is 9.47. The Bertz CT molecular complexity index is 207. The smallest absolute Gasteiger partial charge is 0.0216 e. The predicted octanol–water partition coefficient (Wildman–Crippen LogP) is -0.460. The van der Waals surface area contributed by atoms with E-state index in [1.54, 1.807) is 6.26 Å². The van der Waals surface area contributed by atoms with Gasteiger partial charge in [-0.2, -0.15) is 0 Å². The van der Waals surface area contributed by atoms with Gasteiger partial charge in [-0.25, -0.2) is 4.72 Å². The molecular weight excluding hydrogens is 186 g/mol. The van der Waals surface area contributed by atoms with Crippen molar-refractivity contribution in [3.05, 3.63) is 0 Å². The molecule has 0 aromatic heterocycles. The molecule has 0 radical (unpaired) electrons. The maximum atomic E-state index is 11.2. The summed E-state index contributed by atoms with van der Waals surface area (Å²) in [6, 6.07) is 1.44. The maximum absolute atomic E-state index is 11.2. The van der Waals surface area contributed by atoms with E-state index < -0.39 is 10.3 Å². The summed E-state index contributed by atoms with van der Waals surface area (Å²) >= 11 is 0. The minimum absolute atomic E-state index is 0.345. The Kier molecular flexibility index (Phi) is 3.45. The Morgan fingerprint density at radius 2 is 1.92 bits per heavy atom. The molecule has 1 saturated carbocycles. The van der Waals surface area contributed by atoms with Gasteiger partial charge in [0.25, 0.3) is 0 Å². The highest BCUT2D eigenvalue weighted by Gasteiger charge is 2.30. The van der Waals surface area contributed by atoms with E-state index in [1.165, 1.54) is 0 Å². The highest BCUT2D eigenvalue weighted by molar-refractivity contribution is 7.98. The van der Waals surface area contributed by atoms with Crippen LogP contribution < -0.4 is 15.2 Å². The van der Waals surface area contributed by atoms with E-state index in [1.807, 2.05) is 0 Å². The number of nitrogens with two attached hydrogens (primary N) is 1. The van der Waals surface area contributed by atoms with Crippen LogP contribution in [0.25, 0.3) is 0 Å². The van der Waals surface area contributed by atoms with E-state index in [4.69, 9.17) is 5.14 Å². The van der Waals surface area contributed by atoms with Crippen LogP contribution in [0.5, 0.6) is 0 Å². The van der Waals surface area contributed by atoms with Gasteiger partial charge in [0.1, 0.15) is 0 Å². The third-order valence-corrected chi connectivity index (χ3v) is 3.02. The summed E-state index contributed by atoms with van der Waals surface area (Å²) in [4.78, 5) is 0. The largest absolute Gasteiger partial charge is 0.312 e. The van der Waals surface area contributed by atoms with Gasteiger partial charge in [-0.15, -0.1) is 0 Å². The molecule has 5 heteroatoms. The van der Waals surface area contributed by atoms with E-state index in [9.17, 15) is 4.21 Å². The Morgan fingerprint density at radius 1 is 1.38 bits per heavy atom. The molecule has 13 heavy (non-hydrogen) atoms. The summed E-state index contributed by atoms with van der Waals surface area (Å²) in [5, 5.41) is 8.84. The first-order chi connectivity index (χ1) is 5.87. The highest BCUT2D eigenvalue weighted by atomic mass is 32.3. The first kappa shape index (κ1) is 11.1. The average Bonchev–Trinajstić information content (AvgIpc) is 1.78. The van der Waals surface area contributed by atoms with E-state index >= 15 is 0 Å². The molecule has 0 saturated heterocycles. The van der Waals surface area contributed by atoms with E-state index in [-0.39, 0.29) is 0 Å². The molecule has 1 fully saturated rings. The van der Waals surface area contributed by atoms with Crippen LogP contribution in [-0.2, 0) is 10.3 Å². The van der Waals surface area contributed by atoms with Crippen molar-refractivity contribution < 1.29 is 4.21 Å². The quantitative estimate of drug-likeness (QED) is 0.471. The lowest BCUT2D eigenvalue weighted by molar-refractivity contribution is 0.262. The predicted molar refractivity (Wildman–Crippen MR) is 57.9 cm³/mol. The second kappa shape index (κ2) is 4.04. The van der Waals surface area contributed by atoms with Crippen LogP contribution in [0.15, 0.2) is 0 Å². The summed E-state index contributed by atoms with van der Waals surface area (Å²) < 4.78 is 14.1. The molecule has 0 aliphatic heterocycles. The second-order valence-electron chi connectivity index (χ2n) is 4.31. The molecule has 4 nitrogen and oxygen atoms in total. The molecule has 0 amide bonds. The van der Waals surface area contributed by atoms with Crippen LogP contribution in [0.3, 0.4) is 0 Å². The third kappa shape index (κ3) is 4.17. The molecule has 0 bridgehead atoms. The molecule has 0 unspecified atom stereocenters. The molecule has 0 aromatic rings. The minimum atomic E-state index is -2.53. The Hall–Kier alpha value is 0.0300. The van der Waals surface area contributed by atoms with Crippen molar-refractivity contribution in [2.75, 3.05) is 6.26 Å². The molecule has 4 N–H and O–H groups in total. The zero-order chi connectivity index (χ0) is 10.1. The molecule has 1 rings (SSSR count). The fourth-order valence-corrected chi connectivity index (χ4v) is 2.63. The first-order valence-electron chi connectivity index (χ1n) is 4.77. The van der Waals surface area contributed by atoms with Gasteiger partial charge >= 0.3 is 0 Å². The van der Waals surface area contributed by atoms with Crippen molar-refractivity contribution in [3.8, 4) is 0 Å². The first-order valence-corrected chi connectivity index (χ1v) is 6.99. The zero-order valence-electron chi connectivity index (χ0n) is 8.58. The van der Waals surface area contributed by atoms with Crippen LogP contribution in [0, 0.1) is 0 Å². The van der Waals surface area contributed by atoms with Crippen LogP contribution in [0.2, 0.25) is 0 Å². The summed E-state index contributed by atoms with van der Waals surface area (Å²) in [7, 11) is -2.53. The van der Waals surface area contributed by atoms with Crippen molar-refractivity contribution in [1.29, 1.82) is 0 Å². The van der Waals surface area contributed by atoms with Gasteiger partial charge in [-0.05, 0) is 23.1 Å². The van der Waals surface area contributed by atoms with Gasteiger partial charge in [0.05, 0.1) is 0 Å². The standard InChI is InChI=1S/C8H21N3OS/c1-6(2)10-7-4-8(5-7)11-13(3,9)12/h6-8,10,13H,4-5H2,1-3H3,(H3,9,11,12). The fourth-order valence-electron chi connectivity index (χ4n) is 1.69. The number of nitrogens with one attached hydrogen (secondary N) is 2. The lowest BCUT2D eigenvalue weighted by atomic mass is 9.87. The fraction of sp³-hybridized carbons (Fsp3) is 1.00. The highest BCUT2D eigenvalue weighted by Crippen LogP contribution is 2.21. The number of rotatable bonds is 4. The van der Waals surface area contributed by atoms with E-state index in [0.717, 1.165) is 12.8 Å². The van der Waals surface area contributed by atoms with Crippen LogP contribution >= 0.6 is 0 Å². The van der Waals surface area contributed by atoms with Gasteiger partial charge in [0.15, 0.2) is 0 Å². The molecular formula is C8H21N3OS. The van der Waals surface area contributed by atoms with Crippen molar-refractivity contribution in [2.45, 2.75) is 44.8 Å². The third-order valence-electron chi connectivity index (χ3n) is 2.15. The summed E-state index contributed by atoms with van der Waals surface area (Å²) in [6.07, 6.45) is 3.64. The van der Waals surface area contributed by atoms with Gasteiger partial charge < -0.3 is 5.32 Å². The van der Waals surface area contributed by atoms with Crippen LogP contribution in [0.1, 0.15) is 26.7 Å².